The molecule has 0 spiro atoms. The Morgan fingerprint density at radius 3 is 2.93 bits per heavy atom. The van der Waals surface area contributed by atoms with Crippen molar-refractivity contribution >= 4 is 11.6 Å². The first-order valence-corrected chi connectivity index (χ1v) is 5.07. The van der Waals surface area contributed by atoms with Crippen molar-refractivity contribution in [2.45, 2.75) is 19.4 Å². The number of aromatic nitrogens is 1. The van der Waals surface area contributed by atoms with Crippen LogP contribution in [0.1, 0.15) is 24.9 Å². The average molecular weight is 215 g/mol. The van der Waals surface area contributed by atoms with E-state index in [0.717, 1.165) is 18.5 Å². The molecule has 0 aliphatic rings. The molecule has 2 N–H and O–H groups in total. The van der Waals surface area contributed by atoms with E-state index in [0.29, 0.717) is 5.15 Å². The SMILES string of the molecule is CC(NCCCO)c1ccc(Cl)nc1. The molecule has 0 fully saturated rings. The molecule has 1 rings (SSSR count). The molecule has 1 aromatic rings. The van der Waals surface area contributed by atoms with Gasteiger partial charge < -0.3 is 10.4 Å². The summed E-state index contributed by atoms with van der Waals surface area (Å²) in [5.74, 6) is 0. The lowest BCUT2D eigenvalue weighted by Gasteiger charge is -2.13. The summed E-state index contributed by atoms with van der Waals surface area (Å²) in [5.41, 5.74) is 1.10. The van der Waals surface area contributed by atoms with Crippen molar-refractivity contribution in [1.29, 1.82) is 0 Å². The second kappa shape index (κ2) is 5.96. The zero-order valence-electron chi connectivity index (χ0n) is 8.20. The van der Waals surface area contributed by atoms with Gasteiger partial charge in [-0.2, -0.15) is 0 Å². The van der Waals surface area contributed by atoms with E-state index in [1.165, 1.54) is 0 Å². The maximum atomic E-state index is 8.62. The molecule has 1 unspecified atom stereocenters. The van der Waals surface area contributed by atoms with Gasteiger partial charge in [-0.05, 0) is 31.5 Å². The van der Waals surface area contributed by atoms with Crippen LogP contribution in [0.5, 0.6) is 0 Å². The van der Waals surface area contributed by atoms with Crippen molar-refractivity contribution < 1.29 is 5.11 Å². The molecule has 78 valence electrons. The number of nitrogens with one attached hydrogen (secondary N) is 1. The van der Waals surface area contributed by atoms with Crippen LogP contribution in [0.2, 0.25) is 5.15 Å². The summed E-state index contributed by atoms with van der Waals surface area (Å²) >= 11 is 5.68. The molecule has 0 aliphatic heterocycles. The van der Waals surface area contributed by atoms with Gasteiger partial charge in [-0.3, -0.25) is 0 Å². The Morgan fingerprint density at radius 2 is 2.36 bits per heavy atom. The number of hydrogen-bond donors (Lipinski definition) is 2. The Labute approximate surface area is 89.1 Å². The molecule has 4 heteroatoms. The van der Waals surface area contributed by atoms with E-state index in [4.69, 9.17) is 16.7 Å². The minimum Gasteiger partial charge on any atom is -0.396 e. The van der Waals surface area contributed by atoms with E-state index in [1.807, 2.05) is 6.07 Å². The summed E-state index contributed by atoms with van der Waals surface area (Å²) in [7, 11) is 0. The number of aliphatic hydroxyl groups is 1. The first-order chi connectivity index (χ1) is 6.74. The summed E-state index contributed by atoms with van der Waals surface area (Å²) in [6, 6.07) is 3.97. The standard InChI is InChI=1S/C10H15ClN2O/c1-8(12-5-2-6-14)9-3-4-10(11)13-7-9/h3-4,7-8,12,14H,2,5-6H2,1H3. The highest BCUT2D eigenvalue weighted by atomic mass is 35.5. The summed E-state index contributed by atoms with van der Waals surface area (Å²) in [6.45, 7) is 3.08. The van der Waals surface area contributed by atoms with E-state index in [-0.39, 0.29) is 12.6 Å². The van der Waals surface area contributed by atoms with Crippen LogP contribution in [-0.2, 0) is 0 Å². The highest BCUT2D eigenvalue weighted by molar-refractivity contribution is 6.29. The van der Waals surface area contributed by atoms with Crippen LogP contribution < -0.4 is 5.32 Å². The Balaban J connectivity index is 2.43. The number of pyridine rings is 1. The van der Waals surface area contributed by atoms with Gasteiger partial charge in [-0.15, -0.1) is 0 Å². The van der Waals surface area contributed by atoms with Crippen molar-refractivity contribution in [3.8, 4) is 0 Å². The third-order valence-corrected chi connectivity index (χ3v) is 2.26. The summed E-state index contributed by atoms with van der Waals surface area (Å²) in [5, 5.41) is 12.4. The van der Waals surface area contributed by atoms with Crippen LogP contribution >= 0.6 is 11.6 Å². The normalized spacial score (nSPS) is 12.8. The van der Waals surface area contributed by atoms with Crippen LogP contribution in [0.25, 0.3) is 0 Å². The number of rotatable bonds is 5. The van der Waals surface area contributed by atoms with Gasteiger partial charge in [0.25, 0.3) is 0 Å². The molecule has 0 aromatic carbocycles. The lowest BCUT2D eigenvalue weighted by molar-refractivity contribution is 0.284. The van der Waals surface area contributed by atoms with E-state index in [2.05, 4.69) is 17.2 Å². The van der Waals surface area contributed by atoms with Crippen LogP contribution in [0.15, 0.2) is 18.3 Å². The molecule has 0 bridgehead atoms. The highest BCUT2D eigenvalue weighted by Crippen LogP contribution is 2.12. The van der Waals surface area contributed by atoms with Crippen LogP contribution in [0.4, 0.5) is 0 Å². The molecule has 1 heterocycles. The maximum absolute atomic E-state index is 8.62. The van der Waals surface area contributed by atoms with Crippen molar-refractivity contribution in [2.24, 2.45) is 0 Å². The van der Waals surface area contributed by atoms with Crippen molar-refractivity contribution in [3.05, 3.63) is 29.0 Å². The number of nitrogens with zero attached hydrogens (tertiary/aromatic N) is 1. The molecular formula is C10H15ClN2O. The van der Waals surface area contributed by atoms with Crippen LogP contribution in [0, 0.1) is 0 Å². The first kappa shape index (κ1) is 11.4. The number of aliphatic hydroxyl groups excluding tert-OH is 1. The zero-order chi connectivity index (χ0) is 10.4. The minimum absolute atomic E-state index is 0.221. The lowest BCUT2D eigenvalue weighted by Crippen LogP contribution is -2.20. The predicted molar refractivity (Wildman–Crippen MR) is 57.4 cm³/mol. The van der Waals surface area contributed by atoms with E-state index in [1.54, 1.807) is 12.3 Å². The quantitative estimate of drug-likeness (QED) is 0.580. The zero-order valence-corrected chi connectivity index (χ0v) is 8.96. The smallest absolute Gasteiger partial charge is 0.129 e. The fourth-order valence-electron chi connectivity index (χ4n) is 1.16. The van der Waals surface area contributed by atoms with Crippen molar-refractivity contribution in [1.82, 2.24) is 10.3 Å². The molecule has 14 heavy (non-hydrogen) atoms. The van der Waals surface area contributed by atoms with Crippen molar-refractivity contribution in [2.75, 3.05) is 13.2 Å². The van der Waals surface area contributed by atoms with Crippen LogP contribution in [0.3, 0.4) is 0 Å². The lowest BCUT2D eigenvalue weighted by atomic mass is 10.1. The second-order valence-corrected chi connectivity index (χ2v) is 3.55. The monoisotopic (exact) mass is 214 g/mol. The number of hydrogen-bond acceptors (Lipinski definition) is 3. The maximum Gasteiger partial charge on any atom is 0.129 e. The van der Waals surface area contributed by atoms with E-state index in [9.17, 15) is 0 Å². The second-order valence-electron chi connectivity index (χ2n) is 3.17. The van der Waals surface area contributed by atoms with E-state index >= 15 is 0 Å². The van der Waals surface area contributed by atoms with Gasteiger partial charge in [0.1, 0.15) is 5.15 Å². The molecule has 3 nitrogen and oxygen atoms in total. The van der Waals surface area contributed by atoms with Gasteiger partial charge in [0.15, 0.2) is 0 Å². The topological polar surface area (TPSA) is 45.1 Å². The molecule has 0 saturated heterocycles. The minimum atomic E-state index is 0.221. The van der Waals surface area contributed by atoms with Gasteiger partial charge in [-0.25, -0.2) is 4.98 Å². The third-order valence-electron chi connectivity index (χ3n) is 2.04. The number of halogens is 1. The van der Waals surface area contributed by atoms with E-state index < -0.39 is 0 Å². The predicted octanol–water partition coefficient (Wildman–Crippen LogP) is 1.77. The molecule has 0 aliphatic carbocycles. The van der Waals surface area contributed by atoms with Gasteiger partial charge >= 0.3 is 0 Å². The van der Waals surface area contributed by atoms with Gasteiger partial charge in [0.05, 0.1) is 0 Å². The van der Waals surface area contributed by atoms with Crippen LogP contribution in [-0.4, -0.2) is 23.2 Å². The summed E-state index contributed by atoms with van der Waals surface area (Å²) in [4.78, 5) is 4.00. The fourth-order valence-corrected chi connectivity index (χ4v) is 1.27. The Kier molecular flexibility index (Phi) is 4.87. The Hall–Kier alpha value is -0.640. The molecular weight excluding hydrogens is 200 g/mol. The van der Waals surface area contributed by atoms with Gasteiger partial charge in [0, 0.05) is 18.8 Å². The average Bonchev–Trinajstić information content (AvgIpc) is 2.19. The molecule has 0 radical (unpaired) electrons. The first-order valence-electron chi connectivity index (χ1n) is 4.69. The van der Waals surface area contributed by atoms with Crippen molar-refractivity contribution in [3.63, 3.8) is 0 Å². The summed E-state index contributed by atoms with van der Waals surface area (Å²) < 4.78 is 0. The van der Waals surface area contributed by atoms with Gasteiger partial charge in [-0.1, -0.05) is 17.7 Å². The largest absolute Gasteiger partial charge is 0.396 e. The Morgan fingerprint density at radius 1 is 1.57 bits per heavy atom. The summed E-state index contributed by atoms with van der Waals surface area (Å²) in [6.07, 6.45) is 2.53. The fraction of sp³-hybridized carbons (Fsp3) is 0.500. The Bertz CT molecular complexity index is 263. The molecule has 0 saturated carbocycles. The molecule has 1 atom stereocenters. The molecule has 1 aromatic heterocycles. The third kappa shape index (κ3) is 3.62. The van der Waals surface area contributed by atoms with Gasteiger partial charge in [0.2, 0.25) is 0 Å². The molecule has 0 amide bonds. The highest BCUT2D eigenvalue weighted by Gasteiger charge is 2.03.